The van der Waals surface area contributed by atoms with E-state index in [9.17, 15) is 17.6 Å². The van der Waals surface area contributed by atoms with Crippen LogP contribution < -0.4 is 11.3 Å². The molecule has 0 aliphatic heterocycles. The highest BCUT2D eigenvalue weighted by Gasteiger charge is 2.36. The number of hydrogen-bond acceptors (Lipinski definition) is 3. The van der Waals surface area contributed by atoms with Crippen LogP contribution in [0.3, 0.4) is 0 Å². The molecular weight excluding hydrogens is 262 g/mol. The Hall–Kier alpha value is -1.89. The third-order valence-electron chi connectivity index (χ3n) is 2.90. The van der Waals surface area contributed by atoms with Gasteiger partial charge in [-0.2, -0.15) is 13.2 Å². The summed E-state index contributed by atoms with van der Waals surface area (Å²) in [5, 5.41) is 0.384. The van der Waals surface area contributed by atoms with E-state index in [1.54, 1.807) is 6.92 Å². The summed E-state index contributed by atoms with van der Waals surface area (Å²) in [6, 6.07) is 2.18. The van der Waals surface area contributed by atoms with Crippen LogP contribution in [0.2, 0.25) is 0 Å². The number of alkyl halides is 3. The van der Waals surface area contributed by atoms with E-state index in [0.717, 1.165) is 6.07 Å². The van der Waals surface area contributed by atoms with Crippen molar-refractivity contribution in [1.29, 1.82) is 0 Å². The van der Waals surface area contributed by atoms with E-state index in [-0.39, 0.29) is 16.8 Å². The predicted octanol–water partition coefficient (Wildman–Crippen LogP) is 3.30. The third kappa shape index (κ3) is 2.21. The number of aryl methyl sites for hydroxylation is 1. The summed E-state index contributed by atoms with van der Waals surface area (Å²) in [6.45, 7) is 2.86. The molecule has 2 aromatic rings. The van der Waals surface area contributed by atoms with Crippen LogP contribution in [0.5, 0.6) is 0 Å². The molecule has 0 aliphatic carbocycles. The first-order valence-electron chi connectivity index (χ1n) is 5.40. The molecular formula is C12H11F4N3. The Bertz CT molecular complexity index is 650. The summed E-state index contributed by atoms with van der Waals surface area (Å²) in [7, 11) is 0. The Morgan fingerprint density at radius 2 is 1.84 bits per heavy atom. The van der Waals surface area contributed by atoms with Crippen LogP contribution in [0.4, 0.5) is 23.2 Å². The van der Waals surface area contributed by atoms with Crippen LogP contribution in [0, 0.1) is 19.7 Å². The Morgan fingerprint density at radius 1 is 1.21 bits per heavy atom. The van der Waals surface area contributed by atoms with Gasteiger partial charge in [-0.25, -0.2) is 9.37 Å². The molecule has 7 heteroatoms. The fourth-order valence-electron chi connectivity index (χ4n) is 2.11. The number of rotatable bonds is 1. The standard InChI is InChI=1S/C12H11F4N3/c1-5-3-7(13)4-8-9(5)10(19-17)6(2)11(18-8)12(14,15)16/h3-4H,17H2,1-2H3,(H,18,19). The second-order valence-corrected chi connectivity index (χ2v) is 4.22. The van der Waals surface area contributed by atoms with Gasteiger partial charge < -0.3 is 5.43 Å². The van der Waals surface area contributed by atoms with Gasteiger partial charge in [0.25, 0.3) is 0 Å². The fraction of sp³-hybridized carbons (Fsp3) is 0.250. The van der Waals surface area contributed by atoms with Crippen molar-refractivity contribution in [2.75, 3.05) is 5.43 Å². The molecule has 0 saturated heterocycles. The van der Waals surface area contributed by atoms with Crippen molar-refractivity contribution in [3.05, 3.63) is 34.8 Å². The minimum absolute atomic E-state index is 0.0802. The second-order valence-electron chi connectivity index (χ2n) is 4.22. The first-order valence-corrected chi connectivity index (χ1v) is 5.40. The molecule has 0 amide bonds. The SMILES string of the molecule is Cc1c(C(F)(F)F)nc2cc(F)cc(C)c2c1NN. The van der Waals surface area contributed by atoms with Crippen molar-refractivity contribution >= 4 is 16.6 Å². The Morgan fingerprint density at radius 3 is 2.37 bits per heavy atom. The van der Waals surface area contributed by atoms with Gasteiger partial charge in [0, 0.05) is 17.0 Å². The van der Waals surface area contributed by atoms with Gasteiger partial charge in [0.1, 0.15) is 11.5 Å². The highest BCUT2D eigenvalue weighted by molar-refractivity contribution is 5.95. The number of anilines is 1. The van der Waals surface area contributed by atoms with Gasteiger partial charge in [-0.1, -0.05) is 0 Å². The van der Waals surface area contributed by atoms with Crippen molar-refractivity contribution in [1.82, 2.24) is 4.98 Å². The van der Waals surface area contributed by atoms with Crippen LogP contribution >= 0.6 is 0 Å². The van der Waals surface area contributed by atoms with E-state index in [4.69, 9.17) is 5.84 Å². The van der Waals surface area contributed by atoms with E-state index < -0.39 is 17.7 Å². The highest BCUT2D eigenvalue weighted by atomic mass is 19.4. The topological polar surface area (TPSA) is 50.9 Å². The number of halogens is 4. The number of hydrazine groups is 1. The van der Waals surface area contributed by atoms with E-state index in [2.05, 4.69) is 10.4 Å². The average Bonchev–Trinajstić information content (AvgIpc) is 2.27. The Kier molecular flexibility index (Phi) is 3.09. The molecule has 0 fully saturated rings. The monoisotopic (exact) mass is 273 g/mol. The molecule has 1 aromatic heterocycles. The second kappa shape index (κ2) is 4.34. The molecule has 0 saturated carbocycles. The smallest absolute Gasteiger partial charge is 0.323 e. The van der Waals surface area contributed by atoms with Gasteiger partial charge in [-0.3, -0.25) is 5.84 Å². The molecule has 19 heavy (non-hydrogen) atoms. The molecule has 2 rings (SSSR count). The number of nitrogens with one attached hydrogen (secondary N) is 1. The highest BCUT2D eigenvalue weighted by Crippen LogP contribution is 2.37. The maximum Gasteiger partial charge on any atom is 0.433 e. The molecule has 0 radical (unpaired) electrons. The van der Waals surface area contributed by atoms with Crippen molar-refractivity contribution in [3.63, 3.8) is 0 Å². The van der Waals surface area contributed by atoms with Crippen molar-refractivity contribution in [3.8, 4) is 0 Å². The van der Waals surface area contributed by atoms with E-state index in [0.29, 0.717) is 10.9 Å². The van der Waals surface area contributed by atoms with Gasteiger partial charge in [-0.15, -0.1) is 0 Å². The zero-order chi connectivity index (χ0) is 14.4. The molecule has 0 unspecified atom stereocenters. The molecule has 0 aliphatic rings. The lowest BCUT2D eigenvalue weighted by Crippen LogP contribution is -2.16. The van der Waals surface area contributed by atoms with Gasteiger partial charge >= 0.3 is 6.18 Å². The number of aromatic nitrogens is 1. The molecule has 1 heterocycles. The van der Waals surface area contributed by atoms with Gasteiger partial charge in [0.2, 0.25) is 0 Å². The molecule has 3 nitrogen and oxygen atoms in total. The lowest BCUT2D eigenvalue weighted by Gasteiger charge is -2.17. The summed E-state index contributed by atoms with van der Waals surface area (Å²) < 4.78 is 51.9. The van der Waals surface area contributed by atoms with Crippen LogP contribution in [-0.2, 0) is 6.18 Å². The average molecular weight is 273 g/mol. The lowest BCUT2D eigenvalue weighted by molar-refractivity contribution is -0.141. The third-order valence-corrected chi connectivity index (χ3v) is 2.90. The van der Waals surface area contributed by atoms with Crippen molar-refractivity contribution < 1.29 is 17.6 Å². The minimum Gasteiger partial charge on any atom is -0.323 e. The van der Waals surface area contributed by atoms with Gasteiger partial charge in [-0.05, 0) is 25.5 Å². The summed E-state index contributed by atoms with van der Waals surface area (Å²) in [4.78, 5) is 3.52. The van der Waals surface area contributed by atoms with Crippen LogP contribution in [0.25, 0.3) is 10.9 Å². The number of pyridine rings is 1. The summed E-state index contributed by atoms with van der Waals surface area (Å²) in [5.74, 6) is 4.66. The number of benzene rings is 1. The van der Waals surface area contributed by atoms with E-state index in [1.807, 2.05) is 0 Å². The zero-order valence-electron chi connectivity index (χ0n) is 10.2. The van der Waals surface area contributed by atoms with Gasteiger partial charge in [0.05, 0.1) is 11.2 Å². The number of hydrogen-bond donors (Lipinski definition) is 2. The number of nitrogens with two attached hydrogens (primary N) is 1. The quantitative estimate of drug-likeness (QED) is 0.476. The number of nitrogens with zero attached hydrogens (tertiary/aromatic N) is 1. The molecule has 0 spiro atoms. The summed E-state index contributed by atoms with van der Waals surface area (Å²) in [5.41, 5.74) is 1.55. The van der Waals surface area contributed by atoms with Crippen LogP contribution in [0.1, 0.15) is 16.8 Å². The summed E-state index contributed by atoms with van der Waals surface area (Å²) in [6.07, 6.45) is -4.62. The largest absolute Gasteiger partial charge is 0.433 e. The normalized spacial score (nSPS) is 11.9. The Balaban J connectivity index is 2.95. The predicted molar refractivity (Wildman–Crippen MR) is 64.0 cm³/mol. The fourth-order valence-corrected chi connectivity index (χ4v) is 2.11. The van der Waals surface area contributed by atoms with Crippen molar-refractivity contribution in [2.45, 2.75) is 20.0 Å². The maximum atomic E-state index is 13.3. The molecule has 102 valence electrons. The molecule has 0 atom stereocenters. The zero-order valence-corrected chi connectivity index (χ0v) is 10.2. The molecule has 1 aromatic carbocycles. The summed E-state index contributed by atoms with van der Waals surface area (Å²) >= 11 is 0. The first-order chi connectivity index (χ1) is 8.75. The minimum atomic E-state index is -4.62. The number of nitrogen functional groups attached to an aromatic ring is 1. The van der Waals surface area contributed by atoms with Crippen molar-refractivity contribution in [2.24, 2.45) is 5.84 Å². The first kappa shape index (κ1) is 13.5. The maximum absolute atomic E-state index is 13.3. The molecule has 0 bridgehead atoms. The van der Waals surface area contributed by atoms with Gasteiger partial charge in [0.15, 0.2) is 0 Å². The lowest BCUT2D eigenvalue weighted by atomic mass is 10.0. The van der Waals surface area contributed by atoms with Crippen LogP contribution in [-0.4, -0.2) is 4.98 Å². The van der Waals surface area contributed by atoms with E-state index in [1.165, 1.54) is 13.0 Å². The van der Waals surface area contributed by atoms with E-state index >= 15 is 0 Å². The Labute approximate surface area is 106 Å². The number of fused-ring (bicyclic) bond motifs is 1. The van der Waals surface area contributed by atoms with Crippen LogP contribution in [0.15, 0.2) is 12.1 Å². The molecule has 3 N–H and O–H groups in total.